The van der Waals surface area contributed by atoms with Crippen LogP contribution < -0.4 is 0 Å². The minimum absolute atomic E-state index is 1.04. The first-order valence-corrected chi connectivity index (χ1v) is 8.31. The van der Waals surface area contributed by atoms with Crippen molar-refractivity contribution in [1.82, 2.24) is 9.78 Å². The van der Waals surface area contributed by atoms with Crippen molar-refractivity contribution in [3.8, 4) is 16.8 Å². The fourth-order valence-electron chi connectivity index (χ4n) is 3.01. The van der Waals surface area contributed by atoms with E-state index in [9.17, 15) is 0 Å². The molecule has 0 N–H and O–H groups in total. The molecule has 0 fully saturated rings. The maximum absolute atomic E-state index is 4.55. The molecule has 2 nitrogen and oxygen atoms in total. The molecule has 3 aromatic rings. The second-order valence-electron chi connectivity index (χ2n) is 6.29. The molecular weight excluding hydrogens is 280 g/mol. The molecule has 0 aliphatic carbocycles. The number of aromatic nitrogens is 2. The van der Waals surface area contributed by atoms with Gasteiger partial charge in [0.15, 0.2) is 0 Å². The Labute approximate surface area is 138 Å². The molecule has 0 unspecified atom stereocenters. The highest BCUT2D eigenvalue weighted by Crippen LogP contribution is 2.26. The summed E-state index contributed by atoms with van der Waals surface area (Å²) in [5.41, 5.74) is 8.75. The van der Waals surface area contributed by atoms with E-state index in [4.69, 9.17) is 0 Å². The lowest BCUT2D eigenvalue weighted by Gasteiger charge is -2.11. The van der Waals surface area contributed by atoms with Gasteiger partial charge >= 0.3 is 0 Å². The molecule has 0 saturated heterocycles. The molecular formula is C21H24N2. The first-order chi connectivity index (χ1) is 11.1. The number of benzene rings is 2. The van der Waals surface area contributed by atoms with Crippen LogP contribution in [0.25, 0.3) is 16.8 Å². The van der Waals surface area contributed by atoms with Gasteiger partial charge in [0.25, 0.3) is 0 Å². The molecule has 0 aliphatic rings. The Hall–Kier alpha value is -2.35. The largest absolute Gasteiger partial charge is 0.240 e. The third-order valence-corrected chi connectivity index (χ3v) is 4.37. The summed E-state index contributed by atoms with van der Waals surface area (Å²) in [6.07, 6.45) is 4.36. The van der Waals surface area contributed by atoms with Crippen LogP contribution in [0.4, 0.5) is 0 Å². The molecule has 1 heterocycles. The predicted octanol–water partition coefficient (Wildman–Crippen LogP) is 5.42. The molecule has 2 heteroatoms. The molecule has 23 heavy (non-hydrogen) atoms. The van der Waals surface area contributed by atoms with Crippen molar-refractivity contribution in [2.24, 2.45) is 0 Å². The maximum atomic E-state index is 4.55. The van der Waals surface area contributed by atoms with Crippen molar-refractivity contribution in [2.75, 3.05) is 0 Å². The molecule has 0 saturated carbocycles. The zero-order valence-electron chi connectivity index (χ0n) is 14.4. The Morgan fingerprint density at radius 2 is 1.61 bits per heavy atom. The third kappa shape index (κ3) is 3.21. The predicted molar refractivity (Wildman–Crippen MR) is 97.2 cm³/mol. The molecule has 118 valence electrons. The SMILES string of the molecule is CCCc1ccc(-c2ccc(C)c(-n3ccc(C)n3)c2)cc1C. The summed E-state index contributed by atoms with van der Waals surface area (Å²) < 4.78 is 1.96. The Kier molecular flexibility index (Phi) is 4.33. The summed E-state index contributed by atoms with van der Waals surface area (Å²) in [5.74, 6) is 0. The number of aryl methyl sites for hydroxylation is 4. The van der Waals surface area contributed by atoms with Gasteiger partial charge in [0, 0.05) is 6.20 Å². The van der Waals surface area contributed by atoms with Gasteiger partial charge in [-0.2, -0.15) is 5.10 Å². The molecule has 0 atom stereocenters. The van der Waals surface area contributed by atoms with E-state index in [0.29, 0.717) is 0 Å². The summed E-state index contributed by atoms with van der Waals surface area (Å²) in [7, 11) is 0. The van der Waals surface area contributed by atoms with E-state index in [0.717, 1.165) is 17.8 Å². The van der Waals surface area contributed by atoms with Gasteiger partial charge in [0.2, 0.25) is 0 Å². The number of nitrogens with zero attached hydrogens (tertiary/aromatic N) is 2. The quantitative estimate of drug-likeness (QED) is 0.629. The van der Waals surface area contributed by atoms with Crippen LogP contribution in [0.5, 0.6) is 0 Å². The fourth-order valence-corrected chi connectivity index (χ4v) is 3.01. The van der Waals surface area contributed by atoms with Crippen LogP contribution in [-0.4, -0.2) is 9.78 Å². The first-order valence-electron chi connectivity index (χ1n) is 8.31. The van der Waals surface area contributed by atoms with Crippen molar-refractivity contribution in [1.29, 1.82) is 0 Å². The Morgan fingerprint density at radius 1 is 0.870 bits per heavy atom. The van der Waals surface area contributed by atoms with Crippen LogP contribution in [0.1, 0.15) is 35.7 Å². The summed E-state index contributed by atoms with van der Waals surface area (Å²) in [5, 5.41) is 4.55. The van der Waals surface area contributed by atoms with Gasteiger partial charge in [-0.05, 0) is 67.1 Å². The van der Waals surface area contributed by atoms with Crippen LogP contribution in [0, 0.1) is 20.8 Å². The summed E-state index contributed by atoms with van der Waals surface area (Å²) in [6.45, 7) is 8.59. The topological polar surface area (TPSA) is 17.8 Å². The monoisotopic (exact) mass is 304 g/mol. The van der Waals surface area contributed by atoms with Crippen molar-refractivity contribution < 1.29 is 0 Å². The van der Waals surface area contributed by atoms with Crippen molar-refractivity contribution in [3.63, 3.8) is 0 Å². The van der Waals surface area contributed by atoms with Crippen LogP contribution >= 0.6 is 0 Å². The third-order valence-electron chi connectivity index (χ3n) is 4.37. The molecule has 0 spiro atoms. The lowest BCUT2D eigenvalue weighted by Crippen LogP contribution is -1.98. The first kappa shape index (κ1) is 15.5. The van der Waals surface area contributed by atoms with Crippen LogP contribution in [0.3, 0.4) is 0 Å². The minimum Gasteiger partial charge on any atom is -0.240 e. The molecule has 0 radical (unpaired) electrons. The Morgan fingerprint density at radius 3 is 2.26 bits per heavy atom. The van der Waals surface area contributed by atoms with Gasteiger partial charge < -0.3 is 0 Å². The van der Waals surface area contributed by atoms with E-state index in [1.54, 1.807) is 0 Å². The second kappa shape index (κ2) is 6.41. The summed E-state index contributed by atoms with van der Waals surface area (Å²) >= 11 is 0. The van der Waals surface area contributed by atoms with Gasteiger partial charge in [-0.15, -0.1) is 0 Å². The van der Waals surface area contributed by atoms with Crippen molar-refractivity contribution in [3.05, 3.63) is 71.0 Å². The summed E-state index contributed by atoms with van der Waals surface area (Å²) in [6, 6.07) is 15.5. The van der Waals surface area contributed by atoms with Gasteiger partial charge in [0.1, 0.15) is 0 Å². The molecule has 2 aromatic carbocycles. The number of hydrogen-bond acceptors (Lipinski definition) is 1. The number of rotatable bonds is 4. The van der Waals surface area contributed by atoms with Gasteiger partial charge in [-0.3, -0.25) is 0 Å². The van der Waals surface area contributed by atoms with E-state index in [1.807, 2.05) is 23.9 Å². The second-order valence-corrected chi connectivity index (χ2v) is 6.29. The lowest BCUT2D eigenvalue weighted by atomic mass is 9.97. The maximum Gasteiger partial charge on any atom is 0.0680 e. The van der Waals surface area contributed by atoms with Crippen molar-refractivity contribution in [2.45, 2.75) is 40.5 Å². The molecule has 3 rings (SSSR count). The van der Waals surface area contributed by atoms with E-state index >= 15 is 0 Å². The van der Waals surface area contributed by atoms with Gasteiger partial charge in [-0.25, -0.2) is 4.68 Å². The van der Waals surface area contributed by atoms with E-state index in [1.165, 1.54) is 34.2 Å². The average molecular weight is 304 g/mol. The molecule has 0 bridgehead atoms. The van der Waals surface area contributed by atoms with E-state index in [2.05, 4.69) is 62.3 Å². The van der Waals surface area contributed by atoms with Crippen molar-refractivity contribution >= 4 is 0 Å². The van der Waals surface area contributed by atoms with Gasteiger partial charge in [-0.1, -0.05) is 43.7 Å². The zero-order valence-corrected chi connectivity index (χ0v) is 14.4. The fraction of sp³-hybridized carbons (Fsp3) is 0.286. The smallest absolute Gasteiger partial charge is 0.0680 e. The van der Waals surface area contributed by atoms with Crippen LogP contribution in [0.15, 0.2) is 48.7 Å². The molecule has 0 amide bonds. The zero-order chi connectivity index (χ0) is 16.4. The highest BCUT2D eigenvalue weighted by Gasteiger charge is 2.07. The lowest BCUT2D eigenvalue weighted by molar-refractivity contribution is 0.856. The van der Waals surface area contributed by atoms with Crippen LogP contribution in [-0.2, 0) is 6.42 Å². The Balaban J connectivity index is 2.02. The minimum atomic E-state index is 1.04. The van der Waals surface area contributed by atoms with E-state index in [-0.39, 0.29) is 0 Å². The number of hydrogen-bond donors (Lipinski definition) is 0. The molecule has 0 aliphatic heterocycles. The van der Waals surface area contributed by atoms with E-state index < -0.39 is 0 Å². The Bertz CT molecular complexity index is 828. The highest BCUT2D eigenvalue weighted by atomic mass is 15.3. The normalized spacial score (nSPS) is 11.0. The molecule has 1 aromatic heterocycles. The van der Waals surface area contributed by atoms with Gasteiger partial charge in [0.05, 0.1) is 11.4 Å². The summed E-state index contributed by atoms with van der Waals surface area (Å²) in [4.78, 5) is 0. The van der Waals surface area contributed by atoms with Crippen LogP contribution in [0.2, 0.25) is 0 Å². The standard InChI is InChI=1S/C21H24N2/c1-5-6-18-9-10-19(13-16(18)3)20-8-7-15(2)21(14-20)23-12-11-17(4)22-23/h7-14H,5-6H2,1-4H3. The average Bonchev–Trinajstić information content (AvgIpc) is 2.96. The highest BCUT2D eigenvalue weighted by molar-refractivity contribution is 5.68.